The van der Waals surface area contributed by atoms with Crippen LogP contribution in [0.25, 0.3) is 0 Å². The van der Waals surface area contributed by atoms with Crippen LogP contribution < -0.4 is 0 Å². The average Bonchev–Trinajstić information content (AvgIpc) is 2.56. The maximum Gasteiger partial charge on any atom is 0.288 e. The molecule has 0 fully saturated rings. The highest BCUT2D eigenvalue weighted by Crippen LogP contribution is 2.28. The lowest BCUT2D eigenvalue weighted by molar-refractivity contribution is 0.101. The van der Waals surface area contributed by atoms with Crippen molar-refractivity contribution in [3.05, 3.63) is 22.6 Å². The van der Waals surface area contributed by atoms with Crippen LogP contribution in [0.15, 0.2) is 4.42 Å². The lowest BCUT2D eigenvalue weighted by atomic mass is 10.1. The van der Waals surface area contributed by atoms with Crippen LogP contribution in [0.5, 0.6) is 0 Å². The van der Waals surface area contributed by atoms with Crippen molar-refractivity contribution in [2.75, 3.05) is 0 Å². The van der Waals surface area contributed by atoms with E-state index in [0.717, 1.165) is 0 Å². The van der Waals surface area contributed by atoms with Gasteiger partial charge in [0.1, 0.15) is 0 Å². The molecule has 0 bridgehead atoms. The molecule has 0 N–H and O–H groups in total. The summed E-state index contributed by atoms with van der Waals surface area (Å²) in [5.41, 5.74) is -1.37. The molecular formula is C8Cl4O5. The van der Waals surface area contributed by atoms with Crippen LogP contribution in [0.1, 0.15) is 41.8 Å². The number of hydrogen-bond acceptors (Lipinski definition) is 5. The van der Waals surface area contributed by atoms with Crippen molar-refractivity contribution in [3.8, 4) is 0 Å². The van der Waals surface area contributed by atoms with Crippen LogP contribution in [-0.2, 0) is 0 Å². The van der Waals surface area contributed by atoms with E-state index in [4.69, 9.17) is 46.4 Å². The summed E-state index contributed by atoms with van der Waals surface area (Å²) in [5, 5.41) is -4.91. The SMILES string of the molecule is O=C(Cl)c1oc(C(=O)Cl)c(C(=O)Cl)c1C(=O)Cl. The quantitative estimate of drug-likeness (QED) is 0.797. The Balaban J connectivity index is 3.73. The van der Waals surface area contributed by atoms with E-state index in [0.29, 0.717) is 0 Å². The first-order valence-corrected chi connectivity index (χ1v) is 5.24. The van der Waals surface area contributed by atoms with Crippen molar-refractivity contribution in [1.82, 2.24) is 0 Å². The summed E-state index contributed by atoms with van der Waals surface area (Å²) >= 11 is 20.5. The van der Waals surface area contributed by atoms with Gasteiger partial charge in [-0.05, 0) is 46.4 Å². The summed E-state index contributed by atoms with van der Waals surface area (Å²) in [7, 11) is 0. The van der Waals surface area contributed by atoms with Gasteiger partial charge < -0.3 is 4.42 Å². The fourth-order valence-electron chi connectivity index (χ4n) is 1.08. The van der Waals surface area contributed by atoms with Crippen molar-refractivity contribution < 1.29 is 23.6 Å². The van der Waals surface area contributed by atoms with Gasteiger partial charge >= 0.3 is 0 Å². The fraction of sp³-hybridized carbons (Fsp3) is 0. The molecule has 0 amide bonds. The Kier molecular flexibility index (Phi) is 4.32. The predicted molar refractivity (Wildman–Crippen MR) is 59.4 cm³/mol. The molecule has 5 nitrogen and oxygen atoms in total. The average molecular weight is 318 g/mol. The number of carbonyl (C=O) groups is 4. The van der Waals surface area contributed by atoms with E-state index >= 15 is 0 Å². The van der Waals surface area contributed by atoms with Gasteiger partial charge in [-0.2, -0.15) is 0 Å². The molecule has 1 aromatic rings. The Bertz CT molecular complexity index is 498. The number of carbonyl (C=O) groups excluding carboxylic acids is 4. The minimum absolute atomic E-state index is 0.685. The molecule has 0 unspecified atom stereocenters. The summed E-state index contributed by atoms with van der Waals surface area (Å²) < 4.78 is 4.62. The summed E-state index contributed by atoms with van der Waals surface area (Å²) in [6.45, 7) is 0. The van der Waals surface area contributed by atoms with E-state index in [1.54, 1.807) is 0 Å². The molecule has 0 aliphatic carbocycles. The Hall–Kier alpha value is -0.880. The molecule has 1 heterocycles. The number of rotatable bonds is 4. The van der Waals surface area contributed by atoms with Crippen LogP contribution in [0.4, 0.5) is 0 Å². The first kappa shape index (κ1) is 14.2. The largest absolute Gasteiger partial charge is 0.445 e. The van der Waals surface area contributed by atoms with Crippen LogP contribution in [-0.4, -0.2) is 21.0 Å². The van der Waals surface area contributed by atoms with Gasteiger partial charge in [0.15, 0.2) is 11.5 Å². The molecule has 9 heteroatoms. The second-order valence-electron chi connectivity index (χ2n) is 2.61. The zero-order valence-corrected chi connectivity index (χ0v) is 10.6. The molecule has 17 heavy (non-hydrogen) atoms. The monoisotopic (exact) mass is 316 g/mol. The van der Waals surface area contributed by atoms with Crippen molar-refractivity contribution in [2.45, 2.75) is 0 Å². The molecule has 1 rings (SSSR count). The fourth-order valence-corrected chi connectivity index (χ4v) is 1.71. The minimum atomic E-state index is -1.23. The zero-order valence-electron chi connectivity index (χ0n) is 7.55. The molecule has 0 saturated carbocycles. The molecule has 0 atom stereocenters. The maximum absolute atomic E-state index is 11.1. The standard InChI is InChI=1S/C8Cl4O5/c9-5(13)1-2(6(10)14)4(8(12)16)17-3(1)7(11)15. The highest BCUT2D eigenvalue weighted by molar-refractivity contribution is 6.76. The minimum Gasteiger partial charge on any atom is -0.445 e. The lowest BCUT2D eigenvalue weighted by Gasteiger charge is -1.93. The number of hydrogen-bond donors (Lipinski definition) is 0. The van der Waals surface area contributed by atoms with Crippen molar-refractivity contribution in [1.29, 1.82) is 0 Å². The summed E-state index contributed by atoms with van der Waals surface area (Å²) in [4.78, 5) is 44.0. The Morgan fingerprint density at radius 3 is 1.12 bits per heavy atom. The summed E-state index contributed by atoms with van der Waals surface area (Å²) in [6, 6.07) is 0. The van der Waals surface area contributed by atoms with Gasteiger partial charge in [-0.3, -0.25) is 19.2 Å². The van der Waals surface area contributed by atoms with Gasteiger partial charge in [-0.15, -0.1) is 0 Å². The van der Waals surface area contributed by atoms with E-state index in [2.05, 4.69) is 4.42 Å². The maximum atomic E-state index is 11.1. The summed E-state index contributed by atoms with van der Waals surface area (Å²) in [5.74, 6) is -1.53. The predicted octanol–water partition coefficient (Wildman–Crippen LogP) is 2.80. The molecule has 0 aliphatic heterocycles. The summed E-state index contributed by atoms with van der Waals surface area (Å²) in [6.07, 6.45) is 0. The van der Waals surface area contributed by atoms with Crippen molar-refractivity contribution in [2.24, 2.45) is 0 Å². The molecule has 0 aromatic carbocycles. The van der Waals surface area contributed by atoms with Crippen LogP contribution in [0.3, 0.4) is 0 Å². The normalized spacial score (nSPS) is 10.1. The van der Waals surface area contributed by atoms with Crippen LogP contribution in [0.2, 0.25) is 0 Å². The van der Waals surface area contributed by atoms with E-state index in [1.165, 1.54) is 0 Å². The highest BCUT2D eigenvalue weighted by atomic mass is 35.5. The van der Waals surface area contributed by atoms with Gasteiger partial charge in [0.2, 0.25) is 0 Å². The Morgan fingerprint density at radius 2 is 0.941 bits per heavy atom. The van der Waals surface area contributed by atoms with Crippen molar-refractivity contribution in [3.63, 3.8) is 0 Å². The molecule has 1 aromatic heterocycles. The number of halogens is 4. The van der Waals surface area contributed by atoms with E-state index in [-0.39, 0.29) is 0 Å². The van der Waals surface area contributed by atoms with E-state index in [1.807, 2.05) is 0 Å². The smallest absolute Gasteiger partial charge is 0.288 e. The third-order valence-corrected chi connectivity index (χ3v) is 2.38. The van der Waals surface area contributed by atoms with Crippen molar-refractivity contribution >= 4 is 67.4 Å². The molecule has 90 valence electrons. The van der Waals surface area contributed by atoms with E-state index in [9.17, 15) is 19.2 Å². The topological polar surface area (TPSA) is 81.4 Å². The zero-order chi connectivity index (χ0) is 13.3. The third-order valence-electron chi connectivity index (χ3n) is 1.66. The molecular weight excluding hydrogens is 318 g/mol. The molecule has 0 saturated heterocycles. The number of furan rings is 1. The van der Waals surface area contributed by atoms with Gasteiger partial charge in [-0.1, -0.05) is 0 Å². The van der Waals surface area contributed by atoms with Crippen LogP contribution in [0, 0.1) is 0 Å². The van der Waals surface area contributed by atoms with Gasteiger partial charge in [-0.25, -0.2) is 0 Å². The lowest BCUT2D eigenvalue weighted by Crippen LogP contribution is -2.04. The first-order chi connectivity index (χ1) is 7.77. The Labute approximate surface area is 114 Å². The second-order valence-corrected chi connectivity index (χ2v) is 3.98. The van der Waals surface area contributed by atoms with Gasteiger partial charge in [0.05, 0.1) is 11.1 Å². The molecule has 0 radical (unpaired) electrons. The van der Waals surface area contributed by atoms with Crippen LogP contribution >= 0.6 is 46.4 Å². The molecule has 0 aliphatic rings. The highest BCUT2D eigenvalue weighted by Gasteiger charge is 2.33. The Morgan fingerprint density at radius 1 is 0.647 bits per heavy atom. The molecule has 0 spiro atoms. The van der Waals surface area contributed by atoms with Gasteiger partial charge in [0, 0.05) is 0 Å². The first-order valence-electron chi connectivity index (χ1n) is 3.73. The second kappa shape index (κ2) is 5.18. The van der Waals surface area contributed by atoms with E-state index < -0.39 is 43.6 Å². The third kappa shape index (κ3) is 2.69. The van der Waals surface area contributed by atoms with Gasteiger partial charge in [0.25, 0.3) is 21.0 Å².